The largest absolute Gasteiger partial charge is 0.301 e. The second-order valence-electron chi connectivity index (χ2n) is 5.92. The van der Waals surface area contributed by atoms with Crippen LogP contribution in [0.2, 0.25) is 0 Å². The lowest BCUT2D eigenvalue weighted by molar-refractivity contribution is 0.426. The van der Waals surface area contributed by atoms with Gasteiger partial charge in [0.05, 0.1) is 6.04 Å². The molecule has 2 unspecified atom stereocenters. The van der Waals surface area contributed by atoms with Crippen LogP contribution < -0.4 is 5.32 Å². The van der Waals surface area contributed by atoms with Crippen LogP contribution in [0.5, 0.6) is 0 Å². The van der Waals surface area contributed by atoms with Crippen LogP contribution in [0.4, 0.5) is 0 Å². The van der Waals surface area contributed by atoms with Crippen molar-refractivity contribution < 1.29 is 0 Å². The first-order chi connectivity index (χ1) is 9.63. The third-order valence-corrected chi connectivity index (χ3v) is 5.06. The summed E-state index contributed by atoms with van der Waals surface area (Å²) in [5.74, 6) is 0.793. The zero-order chi connectivity index (χ0) is 14.1. The summed E-state index contributed by atoms with van der Waals surface area (Å²) in [7, 11) is 0. The summed E-state index contributed by atoms with van der Waals surface area (Å²) in [6, 6.07) is 9.75. The van der Waals surface area contributed by atoms with E-state index >= 15 is 0 Å². The molecule has 2 aromatic rings. The highest BCUT2D eigenvalue weighted by molar-refractivity contribution is 7.11. The van der Waals surface area contributed by atoms with Crippen LogP contribution in [0.1, 0.15) is 52.9 Å². The number of aromatic nitrogens is 1. The van der Waals surface area contributed by atoms with Crippen molar-refractivity contribution in [2.24, 2.45) is 5.92 Å². The fraction of sp³-hybridized carbons (Fsp3) is 0.471. The number of thiazole rings is 1. The van der Waals surface area contributed by atoms with E-state index in [4.69, 9.17) is 0 Å². The van der Waals surface area contributed by atoms with Gasteiger partial charge < -0.3 is 5.32 Å². The Morgan fingerprint density at radius 2 is 1.90 bits per heavy atom. The molecule has 3 rings (SSSR count). The van der Waals surface area contributed by atoms with E-state index in [1.807, 2.05) is 6.20 Å². The Morgan fingerprint density at radius 1 is 1.20 bits per heavy atom. The smallest absolute Gasteiger partial charge is 0.109 e. The summed E-state index contributed by atoms with van der Waals surface area (Å²) in [6.45, 7) is 6.48. The van der Waals surface area contributed by atoms with Gasteiger partial charge in [-0.05, 0) is 45.1 Å². The maximum atomic E-state index is 4.51. The zero-order valence-corrected chi connectivity index (χ0v) is 13.2. The lowest BCUT2D eigenvalue weighted by Crippen LogP contribution is -2.26. The van der Waals surface area contributed by atoms with Crippen LogP contribution in [0.25, 0.3) is 0 Å². The average Bonchev–Trinajstić information content (AvgIpc) is 3.18. The number of aryl methyl sites for hydroxylation is 2. The molecule has 1 aromatic carbocycles. The van der Waals surface area contributed by atoms with E-state index in [0.29, 0.717) is 12.1 Å². The second-order valence-corrected chi connectivity index (χ2v) is 7.19. The molecule has 1 aromatic heterocycles. The van der Waals surface area contributed by atoms with Crippen molar-refractivity contribution in [3.05, 3.63) is 51.5 Å². The zero-order valence-electron chi connectivity index (χ0n) is 12.4. The van der Waals surface area contributed by atoms with Crippen LogP contribution in [0.15, 0.2) is 30.5 Å². The highest BCUT2D eigenvalue weighted by Crippen LogP contribution is 2.42. The standard InChI is InChI=1S/C17H22N2S/c1-11-4-6-14(7-5-11)16(15-8-9-15)19-13(3)17-18-10-12(2)20-17/h4-7,10,13,15-16,19H,8-9H2,1-3H3. The van der Waals surface area contributed by atoms with Crippen LogP contribution in [-0.2, 0) is 0 Å². The van der Waals surface area contributed by atoms with Crippen LogP contribution in [0, 0.1) is 19.8 Å². The van der Waals surface area contributed by atoms with Gasteiger partial charge in [0.15, 0.2) is 0 Å². The van der Waals surface area contributed by atoms with Gasteiger partial charge >= 0.3 is 0 Å². The third-order valence-electron chi connectivity index (χ3n) is 3.97. The number of benzene rings is 1. The molecule has 1 N–H and O–H groups in total. The molecule has 0 amide bonds. The number of hydrogen-bond donors (Lipinski definition) is 1. The minimum absolute atomic E-state index is 0.320. The lowest BCUT2D eigenvalue weighted by atomic mass is 10.0. The molecule has 0 aliphatic heterocycles. The molecule has 0 saturated heterocycles. The van der Waals surface area contributed by atoms with Crippen molar-refractivity contribution in [3.8, 4) is 0 Å². The minimum Gasteiger partial charge on any atom is -0.301 e. The van der Waals surface area contributed by atoms with Crippen LogP contribution in [-0.4, -0.2) is 4.98 Å². The van der Waals surface area contributed by atoms with Gasteiger partial charge in [-0.2, -0.15) is 0 Å². The van der Waals surface area contributed by atoms with E-state index in [0.717, 1.165) is 5.92 Å². The molecule has 3 heteroatoms. The molecule has 1 aliphatic carbocycles. The van der Waals surface area contributed by atoms with Crippen LogP contribution >= 0.6 is 11.3 Å². The molecule has 1 fully saturated rings. The van der Waals surface area contributed by atoms with E-state index in [-0.39, 0.29) is 0 Å². The Bertz CT molecular complexity index is 569. The summed E-state index contributed by atoms with van der Waals surface area (Å²) >= 11 is 1.79. The van der Waals surface area contributed by atoms with Crippen LogP contribution in [0.3, 0.4) is 0 Å². The molecule has 0 spiro atoms. The molecule has 2 atom stereocenters. The quantitative estimate of drug-likeness (QED) is 0.871. The Morgan fingerprint density at radius 3 is 2.45 bits per heavy atom. The topological polar surface area (TPSA) is 24.9 Å². The first-order valence-corrected chi connectivity index (χ1v) is 8.20. The fourth-order valence-corrected chi connectivity index (χ4v) is 3.41. The number of rotatable bonds is 5. The maximum absolute atomic E-state index is 4.51. The van der Waals surface area contributed by atoms with Gasteiger partial charge in [0.2, 0.25) is 0 Å². The van der Waals surface area contributed by atoms with E-state index in [2.05, 4.69) is 55.3 Å². The van der Waals surface area contributed by atoms with Gasteiger partial charge in [0, 0.05) is 17.1 Å². The van der Waals surface area contributed by atoms with Gasteiger partial charge in [0.1, 0.15) is 5.01 Å². The molecule has 2 nitrogen and oxygen atoms in total. The molecular formula is C17H22N2S. The highest BCUT2D eigenvalue weighted by atomic mass is 32.1. The summed E-state index contributed by atoms with van der Waals surface area (Å²) < 4.78 is 0. The second kappa shape index (κ2) is 5.66. The minimum atomic E-state index is 0.320. The molecule has 0 radical (unpaired) electrons. The number of nitrogens with zero attached hydrogens (tertiary/aromatic N) is 1. The molecular weight excluding hydrogens is 264 g/mol. The highest BCUT2D eigenvalue weighted by Gasteiger charge is 2.33. The fourth-order valence-electron chi connectivity index (χ4n) is 2.62. The lowest BCUT2D eigenvalue weighted by Gasteiger charge is -2.23. The molecule has 1 saturated carbocycles. The van der Waals surface area contributed by atoms with Crippen molar-refractivity contribution >= 4 is 11.3 Å². The SMILES string of the molecule is Cc1ccc(C(NC(C)c2ncc(C)s2)C2CC2)cc1. The van der Waals surface area contributed by atoms with Gasteiger partial charge in [-0.15, -0.1) is 11.3 Å². The van der Waals surface area contributed by atoms with Crippen molar-refractivity contribution in [1.82, 2.24) is 10.3 Å². The average molecular weight is 286 g/mol. The third kappa shape index (κ3) is 3.10. The van der Waals surface area contributed by atoms with E-state index in [1.165, 1.54) is 33.9 Å². The van der Waals surface area contributed by atoms with E-state index in [1.54, 1.807) is 11.3 Å². The summed E-state index contributed by atoms with van der Waals surface area (Å²) in [6.07, 6.45) is 4.65. The number of nitrogens with one attached hydrogen (secondary N) is 1. The Balaban J connectivity index is 1.76. The molecule has 0 bridgehead atoms. The maximum Gasteiger partial charge on any atom is 0.109 e. The van der Waals surface area contributed by atoms with Crippen molar-refractivity contribution in [2.75, 3.05) is 0 Å². The molecule has 20 heavy (non-hydrogen) atoms. The monoisotopic (exact) mass is 286 g/mol. The predicted molar refractivity (Wildman–Crippen MR) is 85.0 cm³/mol. The normalized spacial score (nSPS) is 17.9. The van der Waals surface area contributed by atoms with Crippen molar-refractivity contribution in [3.63, 3.8) is 0 Å². The summed E-state index contributed by atoms with van der Waals surface area (Å²) in [4.78, 5) is 5.80. The number of hydrogen-bond acceptors (Lipinski definition) is 3. The Labute approximate surface area is 125 Å². The van der Waals surface area contributed by atoms with Gasteiger partial charge in [-0.1, -0.05) is 29.8 Å². The van der Waals surface area contributed by atoms with Gasteiger partial charge in [-0.3, -0.25) is 0 Å². The molecule has 1 heterocycles. The van der Waals surface area contributed by atoms with Crippen molar-refractivity contribution in [1.29, 1.82) is 0 Å². The summed E-state index contributed by atoms with van der Waals surface area (Å²) in [5, 5.41) is 4.99. The van der Waals surface area contributed by atoms with Gasteiger partial charge in [0.25, 0.3) is 0 Å². The summed E-state index contributed by atoms with van der Waals surface area (Å²) in [5.41, 5.74) is 2.74. The van der Waals surface area contributed by atoms with Crippen molar-refractivity contribution in [2.45, 2.75) is 45.7 Å². The van der Waals surface area contributed by atoms with E-state index < -0.39 is 0 Å². The predicted octanol–water partition coefficient (Wildman–Crippen LogP) is 4.56. The van der Waals surface area contributed by atoms with Gasteiger partial charge in [-0.25, -0.2) is 4.98 Å². The molecule has 1 aliphatic rings. The first kappa shape index (κ1) is 13.8. The van der Waals surface area contributed by atoms with E-state index in [9.17, 15) is 0 Å². The first-order valence-electron chi connectivity index (χ1n) is 7.38. The Hall–Kier alpha value is -1.19. The Kier molecular flexibility index (Phi) is 3.90. The molecule has 106 valence electrons.